The van der Waals surface area contributed by atoms with E-state index >= 15 is 0 Å². The summed E-state index contributed by atoms with van der Waals surface area (Å²) in [5, 5.41) is 0. The lowest BCUT2D eigenvalue weighted by molar-refractivity contribution is -0.142. The topological polar surface area (TPSA) is 61.7 Å². The van der Waals surface area contributed by atoms with E-state index in [9.17, 15) is 18.0 Å². The highest BCUT2D eigenvalue weighted by molar-refractivity contribution is 6.15. The number of hydrogen-bond donors (Lipinski definition) is 0. The van der Waals surface area contributed by atoms with Gasteiger partial charge in [-0.2, -0.15) is 13.2 Å². The average molecular weight is 520 g/mol. The molecule has 6 nitrogen and oxygen atoms in total. The van der Waals surface area contributed by atoms with Gasteiger partial charge in [0.05, 0.1) is 18.7 Å². The summed E-state index contributed by atoms with van der Waals surface area (Å²) < 4.78 is 40.4. The molecule has 0 aliphatic carbocycles. The van der Waals surface area contributed by atoms with E-state index in [4.69, 9.17) is 4.99 Å². The Hall–Kier alpha value is -3.59. The van der Waals surface area contributed by atoms with E-state index in [-0.39, 0.29) is 24.1 Å². The number of pyridine rings is 2. The standard InChI is InChI=1S/C29H28F3N5O/c1-18-10-19(6-8-33-18)27-25-12-23-16-37(26(38)13-21(23)11-22(25)14-35-27)24-5-3-9-36(17-24)15-20-4-2-7-34-28(20)29(30,31)32/h2,4,6-8,10-12,24H,3,5,9,13-17H2,1H3/t24-/m1/s1. The number of carbonyl (C=O) groups is 1. The normalized spacial score (nSPS) is 19.8. The minimum absolute atomic E-state index is 0.0420. The lowest BCUT2D eigenvalue weighted by Gasteiger charge is -2.41. The number of piperidine rings is 1. The van der Waals surface area contributed by atoms with Gasteiger partial charge in [-0.1, -0.05) is 12.1 Å². The van der Waals surface area contributed by atoms with Crippen LogP contribution < -0.4 is 0 Å². The van der Waals surface area contributed by atoms with Gasteiger partial charge in [0.15, 0.2) is 0 Å². The molecule has 6 rings (SSSR count). The zero-order chi connectivity index (χ0) is 26.4. The highest BCUT2D eigenvalue weighted by Gasteiger charge is 2.37. The monoisotopic (exact) mass is 519 g/mol. The summed E-state index contributed by atoms with van der Waals surface area (Å²) in [5.74, 6) is 0.0746. The lowest BCUT2D eigenvalue weighted by atomic mass is 9.90. The Balaban J connectivity index is 1.21. The Labute approximate surface area is 219 Å². The Kier molecular flexibility index (Phi) is 6.26. The largest absolute Gasteiger partial charge is 0.433 e. The first-order valence-corrected chi connectivity index (χ1v) is 12.9. The minimum atomic E-state index is -4.49. The Morgan fingerprint density at radius 3 is 2.74 bits per heavy atom. The molecule has 2 aromatic heterocycles. The summed E-state index contributed by atoms with van der Waals surface area (Å²) in [6.45, 7) is 4.46. The SMILES string of the molecule is Cc1cc(C2=NCc3cc4c(cc32)CN([C@@H]2CCCN(Cc3cccnc3C(F)(F)F)C2)C(=O)C4)ccn1. The van der Waals surface area contributed by atoms with Crippen LogP contribution in [0.3, 0.4) is 0 Å². The van der Waals surface area contributed by atoms with Crippen LogP contribution in [0.5, 0.6) is 0 Å². The van der Waals surface area contributed by atoms with Gasteiger partial charge < -0.3 is 4.90 Å². The molecule has 0 radical (unpaired) electrons. The van der Waals surface area contributed by atoms with Gasteiger partial charge in [-0.25, -0.2) is 0 Å². The molecule has 0 N–H and O–H groups in total. The average Bonchev–Trinajstić information content (AvgIpc) is 3.29. The first kappa shape index (κ1) is 24.7. The quantitative estimate of drug-likeness (QED) is 0.501. The van der Waals surface area contributed by atoms with Crippen molar-refractivity contribution in [1.29, 1.82) is 0 Å². The molecule has 1 aromatic carbocycles. The van der Waals surface area contributed by atoms with Gasteiger partial charge in [-0.3, -0.25) is 24.7 Å². The van der Waals surface area contributed by atoms with E-state index in [1.165, 1.54) is 12.3 Å². The highest BCUT2D eigenvalue weighted by Crippen LogP contribution is 2.33. The number of benzene rings is 1. The van der Waals surface area contributed by atoms with Crippen molar-refractivity contribution in [3.63, 3.8) is 0 Å². The van der Waals surface area contributed by atoms with Crippen molar-refractivity contribution in [1.82, 2.24) is 19.8 Å². The third-order valence-corrected chi connectivity index (χ3v) is 7.74. The Bertz CT molecular complexity index is 1430. The maximum Gasteiger partial charge on any atom is 0.433 e. The molecule has 196 valence electrons. The number of fused-ring (bicyclic) bond motifs is 2. The van der Waals surface area contributed by atoms with Crippen molar-refractivity contribution in [3.8, 4) is 0 Å². The summed E-state index contributed by atoms with van der Waals surface area (Å²) >= 11 is 0. The fourth-order valence-corrected chi connectivity index (χ4v) is 5.95. The molecule has 1 atom stereocenters. The molecular weight excluding hydrogens is 491 g/mol. The van der Waals surface area contributed by atoms with Crippen LogP contribution in [0.2, 0.25) is 0 Å². The molecule has 38 heavy (non-hydrogen) atoms. The number of alkyl halides is 3. The smallest absolute Gasteiger partial charge is 0.334 e. The van der Waals surface area contributed by atoms with E-state index in [0.29, 0.717) is 32.6 Å². The molecule has 5 heterocycles. The van der Waals surface area contributed by atoms with Crippen LogP contribution in [0.25, 0.3) is 0 Å². The zero-order valence-corrected chi connectivity index (χ0v) is 21.1. The predicted molar refractivity (Wildman–Crippen MR) is 137 cm³/mol. The number of carbonyl (C=O) groups excluding carboxylic acids is 1. The number of rotatable bonds is 4. The number of aromatic nitrogens is 2. The molecule has 3 aliphatic rings. The number of aliphatic imine (C=N–C) groups is 1. The third-order valence-electron chi connectivity index (χ3n) is 7.74. The molecule has 1 saturated heterocycles. The number of halogens is 3. The second kappa shape index (κ2) is 9.62. The maximum atomic E-state index is 13.5. The van der Waals surface area contributed by atoms with E-state index in [1.54, 1.807) is 12.3 Å². The first-order chi connectivity index (χ1) is 18.3. The first-order valence-electron chi connectivity index (χ1n) is 12.9. The van der Waals surface area contributed by atoms with Crippen molar-refractivity contribution < 1.29 is 18.0 Å². The summed E-state index contributed by atoms with van der Waals surface area (Å²) in [4.78, 5) is 29.9. The van der Waals surface area contributed by atoms with Crippen LogP contribution in [0.4, 0.5) is 13.2 Å². The number of amides is 1. The maximum absolute atomic E-state index is 13.5. The van der Waals surface area contributed by atoms with Crippen LogP contribution in [0, 0.1) is 6.92 Å². The van der Waals surface area contributed by atoms with Crippen molar-refractivity contribution in [2.24, 2.45) is 4.99 Å². The van der Waals surface area contributed by atoms with E-state index in [0.717, 1.165) is 52.1 Å². The molecule has 0 saturated carbocycles. The fraction of sp³-hybridized carbons (Fsp3) is 0.379. The molecule has 9 heteroatoms. The van der Waals surface area contributed by atoms with Crippen LogP contribution in [-0.2, 0) is 37.0 Å². The van der Waals surface area contributed by atoms with Gasteiger partial charge in [0, 0.05) is 54.9 Å². The number of aryl methyl sites for hydroxylation is 1. The summed E-state index contributed by atoms with van der Waals surface area (Å²) in [6.07, 6.45) is 0.481. The van der Waals surface area contributed by atoms with Crippen molar-refractivity contribution >= 4 is 11.6 Å². The van der Waals surface area contributed by atoms with Crippen LogP contribution >= 0.6 is 0 Å². The molecule has 1 fully saturated rings. The van der Waals surface area contributed by atoms with Gasteiger partial charge >= 0.3 is 6.18 Å². The van der Waals surface area contributed by atoms with Gasteiger partial charge in [0.25, 0.3) is 0 Å². The van der Waals surface area contributed by atoms with Crippen LogP contribution in [0.1, 0.15) is 57.6 Å². The minimum Gasteiger partial charge on any atom is -0.334 e. The molecule has 0 spiro atoms. The second-order valence-corrected chi connectivity index (χ2v) is 10.4. The molecule has 0 bridgehead atoms. The van der Waals surface area contributed by atoms with E-state index in [2.05, 4.69) is 22.1 Å². The summed E-state index contributed by atoms with van der Waals surface area (Å²) in [6, 6.07) is 11.3. The molecular formula is C29H28F3N5O. The van der Waals surface area contributed by atoms with Gasteiger partial charge in [-0.05, 0) is 72.8 Å². The Morgan fingerprint density at radius 2 is 1.92 bits per heavy atom. The number of likely N-dealkylation sites (tertiary alicyclic amines) is 1. The van der Waals surface area contributed by atoms with Gasteiger partial charge in [-0.15, -0.1) is 0 Å². The second-order valence-electron chi connectivity index (χ2n) is 10.4. The van der Waals surface area contributed by atoms with Crippen LogP contribution in [-0.4, -0.2) is 50.5 Å². The number of hydrogen-bond acceptors (Lipinski definition) is 5. The summed E-state index contributed by atoms with van der Waals surface area (Å²) in [5.41, 5.74) is 6.67. The molecule has 3 aromatic rings. The van der Waals surface area contributed by atoms with Gasteiger partial charge in [0.2, 0.25) is 5.91 Å². The number of nitrogens with zero attached hydrogens (tertiary/aromatic N) is 5. The van der Waals surface area contributed by atoms with Gasteiger partial charge in [0.1, 0.15) is 5.69 Å². The van der Waals surface area contributed by atoms with E-state index in [1.807, 2.05) is 28.9 Å². The lowest BCUT2D eigenvalue weighted by Crippen LogP contribution is -2.51. The highest BCUT2D eigenvalue weighted by atomic mass is 19.4. The van der Waals surface area contributed by atoms with Crippen molar-refractivity contribution in [2.75, 3.05) is 13.1 Å². The molecule has 1 amide bonds. The molecule has 3 aliphatic heterocycles. The summed E-state index contributed by atoms with van der Waals surface area (Å²) in [7, 11) is 0. The van der Waals surface area contributed by atoms with Crippen molar-refractivity contribution in [3.05, 3.63) is 93.6 Å². The Morgan fingerprint density at radius 1 is 1.05 bits per heavy atom. The van der Waals surface area contributed by atoms with Crippen molar-refractivity contribution in [2.45, 2.75) is 58.0 Å². The zero-order valence-electron chi connectivity index (χ0n) is 21.1. The fourth-order valence-electron chi connectivity index (χ4n) is 5.95. The third kappa shape index (κ3) is 4.71. The van der Waals surface area contributed by atoms with E-state index < -0.39 is 11.9 Å². The van der Waals surface area contributed by atoms with Crippen LogP contribution in [0.15, 0.2) is 53.8 Å². The molecule has 0 unspecified atom stereocenters. The predicted octanol–water partition coefficient (Wildman–Crippen LogP) is 4.70.